The zero-order chi connectivity index (χ0) is 17.6. The highest BCUT2D eigenvalue weighted by atomic mass is 16.7. The molecule has 3 aromatic rings. The summed E-state index contributed by atoms with van der Waals surface area (Å²) in [5, 5.41) is 20.2. The van der Waals surface area contributed by atoms with Gasteiger partial charge in [-0.2, -0.15) is 0 Å². The fourth-order valence-electron chi connectivity index (χ4n) is 2.93. The third-order valence-corrected chi connectivity index (χ3v) is 4.14. The van der Waals surface area contributed by atoms with Gasteiger partial charge in [0.15, 0.2) is 11.5 Å². The van der Waals surface area contributed by atoms with Crippen LogP contribution in [-0.2, 0) is 6.42 Å². The number of aromatic hydroxyl groups is 2. The largest absolute Gasteiger partial charge is 0.507 e. The van der Waals surface area contributed by atoms with Crippen molar-refractivity contribution in [3.8, 4) is 34.1 Å². The van der Waals surface area contributed by atoms with Gasteiger partial charge in [0.2, 0.25) is 12.2 Å². The molecule has 2 N–H and O–H groups in total. The quantitative estimate of drug-likeness (QED) is 0.712. The van der Waals surface area contributed by atoms with E-state index in [0.29, 0.717) is 29.0 Å². The lowest BCUT2D eigenvalue weighted by atomic mass is 10.0. The number of phenolic OH excluding ortho intramolecular Hbond substituents is 2. The summed E-state index contributed by atoms with van der Waals surface area (Å²) in [4.78, 5) is 12.9. The van der Waals surface area contributed by atoms with Crippen molar-refractivity contribution in [3.63, 3.8) is 0 Å². The molecule has 2 heterocycles. The molecule has 6 heteroatoms. The number of phenols is 2. The number of fused-ring (bicyclic) bond motifs is 2. The second-order valence-electron chi connectivity index (χ2n) is 5.64. The smallest absolute Gasteiger partial charge is 0.231 e. The first-order valence-electron chi connectivity index (χ1n) is 7.60. The Balaban J connectivity index is 1.97. The second-order valence-corrected chi connectivity index (χ2v) is 5.64. The molecule has 2 aromatic carbocycles. The van der Waals surface area contributed by atoms with Gasteiger partial charge in [-0.1, -0.05) is 12.1 Å². The molecule has 0 aliphatic carbocycles. The van der Waals surface area contributed by atoms with Crippen LogP contribution >= 0.6 is 0 Å². The van der Waals surface area contributed by atoms with E-state index in [0.717, 1.165) is 6.07 Å². The van der Waals surface area contributed by atoms with Crippen LogP contribution in [-0.4, -0.2) is 17.0 Å². The predicted molar refractivity (Wildman–Crippen MR) is 91.3 cm³/mol. The molecular formula is C19H14O6. The van der Waals surface area contributed by atoms with E-state index in [-0.39, 0.29) is 34.8 Å². The van der Waals surface area contributed by atoms with Crippen LogP contribution in [0.1, 0.15) is 5.56 Å². The zero-order valence-corrected chi connectivity index (χ0v) is 13.1. The van der Waals surface area contributed by atoms with Crippen molar-refractivity contribution in [3.05, 3.63) is 59.0 Å². The molecule has 0 unspecified atom stereocenters. The maximum atomic E-state index is 12.9. The lowest BCUT2D eigenvalue weighted by molar-refractivity contribution is 0.174. The molecule has 1 aliphatic heterocycles. The molecular weight excluding hydrogens is 324 g/mol. The Morgan fingerprint density at radius 2 is 1.92 bits per heavy atom. The highest BCUT2D eigenvalue weighted by Crippen LogP contribution is 2.37. The van der Waals surface area contributed by atoms with Crippen molar-refractivity contribution in [2.45, 2.75) is 6.42 Å². The zero-order valence-electron chi connectivity index (χ0n) is 13.1. The average Bonchev–Trinajstić information content (AvgIpc) is 3.06. The van der Waals surface area contributed by atoms with Crippen LogP contribution in [0.25, 0.3) is 22.1 Å². The van der Waals surface area contributed by atoms with Gasteiger partial charge in [-0.3, -0.25) is 4.79 Å². The average molecular weight is 338 g/mol. The molecule has 126 valence electrons. The molecule has 0 saturated heterocycles. The van der Waals surface area contributed by atoms with Crippen LogP contribution in [0.15, 0.2) is 52.4 Å². The summed E-state index contributed by atoms with van der Waals surface area (Å²) in [5.74, 6) is 0.662. The van der Waals surface area contributed by atoms with E-state index < -0.39 is 5.43 Å². The number of ether oxygens (including phenoxy) is 2. The maximum absolute atomic E-state index is 12.9. The number of allylic oxidation sites excluding steroid dienone is 1. The monoisotopic (exact) mass is 338 g/mol. The van der Waals surface area contributed by atoms with Gasteiger partial charge in [0.25, 0.3) is 0 Å². The highest BCUT2D eigenvalue weighted by molar-refractivity contribution is 5.91. The summed E-state index contributed by atoms with van der Waals surface area (Å²) < 4.78 is 16.2. The predicted octanol–water partition coefficient (Wildman–Crippen LogP) is 3.33. The van der Waals surface area contributed by atoms with E-state index in [2.05, 4.69) is 6.58 Å². The highest BCUT2D eigenvalue weighted by Gasteiger charge is 2.20. The summed E-state index contributed by atoms with van der Waals surface area (Å²) in [6.45, 7) is 3.76. The van der Waals surface area contributed by atoms with Crippen LogP contribution < -0.4 is 14.9 Å². The van der Waals surface area contributed by atoms with Crippen molar-refractivity contribution in [1.29, 1.82) is 0 Å². The van der Waals surface area contributed by atoms with Gasteiger partial charge in [0.1, 0.15) is 28.7 Å². The van der Waals surface area contributed by atoms with Crippen molar-refractivity contribution >= 4 is 11.0 Å². The lowest BCUT2D eigenvalue weighted by Crippen LogP contribution is -2.06. The van der Waals surface area contributed by atoms with Crippen molar-refractivity contribution in [2.24, 2.45) is 0 Å². The Bertz CT molecular complexity index is 1060. The molecule has 6 nitrogen and oxygen atoms in total. The third-order valence-electron chi connectivity index (χ3n) is 4.14. The fraction of sp³-hybridized carbons (Fsp3) is 0.105. The summed E-state index contributed by atoms with van der Waals surface area (Å²) >= 11 is 0. The van der Waals surface area contributed by atoms with Crippen LogP contribution in [0.3, 0.4) is 0 Å². The fourth-order valence-corrected chi connectivity index (χ4v) is 2.93. The van der Waals surface area contributed by atoms with Gasteiger partial charge in [-0.05, 0) is 24.1 Å². The second kappa shape index (κ2) is 5.59. The van der Waals surface area contributed by atoms with Crippen molar-refractivity contribution in [2.75, 3.05) is 6.79 Å². The van der Waals surface area contributed by atoms with Gasteiger partial charge in [0.05, 0.1) is 5.56 Å². The van der Waals surface area contributed by atoms with Crippen LogP contribution in [0.2, 0.25) is 0 Å². The van der Waals surface area contributed by atoms with E-state index in [1.54, 1.807) is 24.3 Å². The van der Waals surface area contributed by atoms with Gasteiger partial charge >= 0.3 is 0 Å². The van der Waals surface area contributed by atoms with Gasteiger partial charge in [-0.15, -0.1) is 6.58 Å². The molecule has 0 amide bonds. The van der Waals surface area contributed by atoms with Gasteiger partial charge < -0.3 is 24.1 Å². The molecule has 0 radical (unpaired) electrons. The Hall–Kier alpha value is -3.41. The third kappa shape index (κ3) is 2.30. The molecule has 1 aromatic heterocycles. The van der Waals surface area contributed by atoms with Crippen LogP contribution in [0, 0.1) is 0 Å². The Kier molecular flexibility index (Phi) is 3.39. The number of hydrogen-bond acceptors (Lipinski definition) is 6. The number of rotatable bonds is 3. The first kappa shape index (κ1) is 15.1. The SMILES string of the molecule is C=CCc1c(O)cc(O)c2c(=O)c(-c3ccc4c(c3)OCO4)coc12. The van der Waals surface area contributed by atoms with Crippen LogP contribution in [0.5, 0.6) is 23.0 Å². The van der Waals surface area contributed by atoms with Gasteiger partial charge in [-0.25, -0.2) is 0 Å². The van der Waals surface area contributed by atoms with Crippen molar-refractivity contribution < 1.29 is 24.1 Å². The van der Waals surface area contributed by atoms with E-state index >= 15 is 0 Å². The minimum absolute atomic E-state index is 0.0183. The van der Waals surface area contributed by atoms with Crippen molar-refractivity contribution in [1.82, 2.24) is 0 Å². The lowest BCUT2D eigenvalue weighted by Gasteiger charge is -2.09. The summed E-state index contributed by atoms with van der Waals surface area (Å²) in [5.41, 5.74) is 1.00. The molecule has 4 rings (SSSR count). The van der Waals surface area contributed by atoms with Gasteiger partial charge in [0, 0.05) is 11.6 Å². The normalized spacial score (nSPS) is 12.5. The molecule has 0 fully saturated rings. The summed E-state index contributed by atoms with van der Waals surface area (Å²) in [6, 6.07) is 6.25. The topological polar surface area (TPSA) is 89.1 Å². The van der Waals surface area contributed by atoms with E-state index in [4.69, 9.17) is 13.9 Å². The molecule has 0 atom stereocenters. The maximum Gasteiger partial charge on any atom is 0.231 e. The molecule has 0 spiro atoms. The number of benzene rings is 2. The summed E-state index contributed by atoms with van der Waals surface area (Å²) in [7, 11) is 0. The molecule has 0 saturated carbocycles. The minimum atomic E-state index is -0.400. The molecule has 25 heavy (non-hydrogen) atoms. The first-order valence-corrected chi connectivity index (χ1v) is 7.60. The molecule has 1 aliphatic rings. The van der Waals surface area contributed by atoms with Crippen LogP contribution in [0.4, 0.5) is 0 Å². The Labute approximate surface area is 142 Å². The number of hydrogen-bond donors (Lipinski definition) is 2. The van der Waals surface area contributed by atoms with E-state index in [9.17, 15) is 15.0 Å². The first-order chi connectivity index (χ1) is 12.1. The Morgan fingerprint density at radius 1 is 1.12 bits per heavy atom. The molecule has 0 bridgehead atoms. The van der Waals surface area contributed by atoms with E-state index in [1.807, 2.05) is 0 Å². The Morgan fingerprint density at radius 3 is 2.72 bits per heavy atom. The minimum Gasteiger partial charge on any atom is -0.507 e. The summed E-state index contributed by atoms with van der Waals surface area (Å²) in [6.07, 6.45) is 3.19. The standard InChI is InChI=1S/C19H14O6/c1-2-3-11-13(20)7-14(21)17-18(22)12(8-23-19(11)17)10-4-5-15-16(6-10)25-9-24-15/h2,4-8,20-21H,1,3,9H2. The van der Waals surface area contributed by atoms with E-state index in [1.165, 1.54) is 6.26 Å².